The molecule has 1 atom stereocenters. The maximum Gasteiger partial charge on any atom is 0.128 e. The lowest BCUT2D eigenvalue weighted by atomic mass is 10.2. The van der Waals surface area contributed by atoms with Gasteiger partial charge in [-0.25, -0.2) is 0 Å². The molecule has 1 aliphatic carbocycles. The molecule has 0 aromatic heterocycles. The second-order valence-corrected chi connectivity index (χ2v) is 3.97. The van der Waals surface area contributed by atoms with Gasteiger partial charge in [0.1, 0.15) is 5.56 Å². The number of unbranched alkanes of at least 4 members (excludes halogenated alkanes) is 1. The molecule has 0 heterocycles. The van der Waals surface area contributed by atoms with E-state index in [2.05, 4.69) is 0 Å². The van der Waals surface area contributed by atoms with Crippen molar-refractivity contribution < 1.29 is 4.74 Å². The predicted molar refractivity (Wildman–Crippen MR) is 47.8 cm³/mol. The summed E-state index contributed by atoms with van der Waals surface area (Å²) < 4.78 is 5.21. The smallest absolute Gasteiger partial charge is 0.128 e. The van der Waals surface area contributed by atoms with Crippen LogP contribution in [0.5, 0.6) is 0 Å². The van der Waals surface area contributed by atoms with Gasteiger partial charge in [-0.05, 0) is 19.3 Å². The van der Waals surface area contributed by atoms with Crippen LogP contribution in [0.4, 0.5) is 0 Å². The predicted octanol–water partition coefficient (Wildman–Crippen LogP) is 3.17. The van der Waals surface area contributed by atoms with E-state index in [4.69, 9.17) is 16.3 Å². The quantitative estimate of drug-likeness (QED) is 0.446. The molecule has 0 aromatic rings. The number of hydrogen-bond acceptors (Lipinski definition) is 1. The monoisotopic (exact) mass is 176 g/mol. The third-order valence-corrected chi connectivity index (χ3v) is 2.18. The van der Waals surface area contributed by atoms with Crippen LogP contribution < -0.4 is 0 Å². The van der Waals surface area contributed by atoms with Gasteiger partial charge >= 0.3 is 0 Å². The molecule has 1 fully saturated rings. The first kappa shape index (κ1) is 9.34. The van der Waals surface area contributed by atoms with Crippen molar-refractivity contribution in [3.05, 3.63) is 0 Å². The van der Waals surface area contributed by atoms with Gasteiger partial charge in [0.05, 0.1) is 0 Å². The van der Waals surface area contributed by atoms with E-state index in [1.165, 1.54) is 32.1 Å². The SMILES string of the molecule is CC(Cl)OCCCCC1CC1. The van der Waals surface area contributed by atoms with Gasteiger partial charge in [0.15, 0.2) is 0 Å². The fourth-order valence-corrected chi connectivity index (χ4v) is 1.28. The lowest BCUT2D eigenvalue weighted by Gasteiger charge is -2.04. The molecular weight excluding hydrogens is 160 g/mol. The third-order valence-electron chi connectivity index (χ3n) is 2.05. The van der Waals surface area contributed by atoms with Crippen molar-refractivity contribution in [2.45, 2.75) is 44.6 Å². The summed E-state index contributed by atoms with van der Waals surface area (Å²) in [6.45, 7) is 2.69. The van der Waals surface area contributed by atoms with Crippen molar-refractivity contribution in [2.75, 3.05) is 6.61 Å². The Bertz CT molecular complexity index is 95.7. The first-order valence-corrected chi connectivity index (χ1v) is 4.98. The standard InChI is InChI=1S/C9H17ClO/c1-8(10)11-7-3-2-4-9-5-6-9/h8-9H,2-7H2,1H3. The van der Waals surface area contributed by atoms with E-state index in [9.17, 15) is 0 Å². The lowest BCUT2D eigenvalue weighted by molar-refractivity contribution is 0.115. The van der Waals surface area contributed by atoms with E-state index >= 15 is 0 Å². The first-order valence-electron chi connectivity index (χ1n) is 4.54. The van der Waals surface area contributed by atoms with Crippen LogP contribution in [0.2, 0.25) is 0 Å². The minimum absolute atomic E-state index is 0.115. The Balaban J connectivity index is 1.73. The van der Waals surface area contributed by atoms with Gasteiger partial charge in [0, 0.05) is 6.61 Å². The van der Waals surface area contributed by atoms with E-state index in [1.54, 1.807) is 0 Å². The minimum atomic E-state index is -0.115. The van der Waals surface area contributed by atoms with E-state index in [0.29, 0.717) is 0 Å². The number of rotatable bonds is 6. The molecule has 0 bridgehead atoms. The summed E-state index contributed by atoms with van der Waals surface area (Å²) in [6.07, 6.45) is 6.82. The number of ether oxygens (including phenoxy) is 1. The van der Waals surface area contributed by atoms with Crippen LogP contribution in [0.1, 0.15) is 39.0 Å². The summed E-state index contributed by atoms with van der Waals surface area (Å²) in [4.78, 5) is 0. The summed E-state index contributed by atoms with van der Waals surface area (Å²) in [5, 5.41) is 0. The Hall–Kier alpha value is 0.250. The second-order valence-electron chi connectivity index (χ2n) is 3.35. The van der Waals surface area contributed by atoms with E-state index in [0.717, 1.165) is 12.5 Å². The molecule has 1 aliphatic rings. The fourth-order valence-electron chi connectivity index (χ4n) is 1.19. The average Bonchev–Trinajstić information content (AvgIpc) is 2.70. The van der Waals surface area contributed by atoms with Crippen LogP contribution in [0.15, 0.2) is 0 Å². The molecule has 2 heteroatoms. The van der Waals surface area contributed by atoms with Crippen LogP contribution in [-0.2, 0) is 4.74 Å². The average molecular weight is 177 g/mol. The highest BCUT2D eigenvalue weighted by atomic mass is 35.5. The molecule has 0 aliphatic heterocycles. The maximum absolute atomic E-state index is 5.61. The van der Waals surface area contributed by atoms with Crippen LogP contribution in [-0.4, -0.2) is 12.2 Å². The zero-order valence-electron chi connectivity index (χ0n) is 7.18. The molecule has 1 saturated carbocycles. The Morgan fingerprint density at radius 3 is 2.73 bits per heavy atom. The van der Waals surface area contributed by atoms with Gasteiger partial charge in [0.25, 0.3) is 0 Å². The molecule has 0 saturated heterocycles. The highest BCUT2D eigenvalue weighted by Gasteiger charge is 2.19. The largest absolute Gasteiger partial charge is 0.363 e. The first-order chi connectivity index (χ1) is 5.29. The summed E-state index contributed by atoms with van der Waals surface area (Å²) in [7, 11) is 0. The zero-order valence-corrected chi connectivity index (χ0v) is 7.94. The van der Waals surface area contributed by atoms with Gasteiger partial charge in [-0.3, -0.25) is 0 Å². The van der Waals surface area contributed by atoms with Crippen molar-refractivity contribution >= 4 is 11.6 Å². The van der Waals surface area contributed by atoms with Gasteiger partial charge in [-0.2, -0.15) is 0 Å². The van der Waals surface area contributed by atoms with Crippen molar-refractivity contribution in [1.82, 2.24) is 0 Å². The minimum Gasteiger partial charge on any atom is -0.363 e. The van der Waals surface area contributed by atoms with Crippen molar-refractivity contribution in [3.8, 4) is 0 Å². The molecule has 0 aromatic carbocycles. The number of alkyl halides is 1. The molecule has 0 N–H and O–H groups in total. The zero-order chi connectivity index (χ0) is 8.10. The highest BCUT2D eigenvalue weighted by Crippen LogP contribution is 2.33. The highest BCUT2D eigenvalue weighted by molar-refractivity contribution is 6.19. The molecule has 0 amide bonds. The Morgan fingerprint density at radius 1 is 1.45 bits per heavy atom. The molecular formula is C9H17ClO. The van der Waals surface area contributed by atoms with Crippen LogP contribution >= 0.6 is 11.6 Å². The van der Waals surface area contributed by atoms with Gasteiger partial charge < -0.3 is 4.74 Å². The number of hydrogen-bond donors (Lipinski definition) is 0. The summed E-state index contributed by atoms with van der Waals surface area (Å²) >= 11 is 5.61. The number of halogens is 1. The Labute approximate surface area is 74.1 Å². The summed E-state index contributed by atoms with van der Waals surface area (Å²) in [6, 6.07) is 0. The summed E-state index contributed by atoms with van der Waals surface area (Å²) in [5.41, 5.74) is -0.115. The molecule has 1 rings (SSSR count). The van der Waals surface area contributed by atoms with Crippen LogP contribution in [0.3, 0.4) is 0 Å². The van der Waals surface area contributed by atoms with E-state index < -0.39 is 0 Å². The lowest BCUT2D eigenvalue weighted by Crippen LogP contribution is -2.00. The van der Waals surface area contributed by atoms with E-state index in [1.807, 2.05) is 6.92 Å². The fraction of sp³-hybridized carbons (Fsp3) is 1.00. The second kappa shape index (κ2) is 5.00. The molecule has 0 spiro atoms. The van der Waals surface area contributed by atoms with Crippen molar-refractivity contribution in [1.29, 1.82) is 0 Å². The summed E-state index contributed by atoms with van der Waals surface area (Å²) in [5.74, 6) is 1.06. The van der Waals surface area contributed by atoms with Crippen LogP contribution in [0, 0.1) is 5.92 Å². The third kappa shape index (κ3) is 5.51. The van der Waals surface area contributed by atoms with Gasteiger partial charge in [-0.15, -0.1) is 0 Å². The normalized spacial score (nSPS) is 20.2. The Kier molecular flexibility index (Phi) is 4.24. The topological polar surface area (TPSA) is 9.23 Å². The molecule has 11 heavy (non-hydrogen) atoms. The van der Waals surface area contributed by atoms with Crippen molar-refractivity contribution in [2.24, 2.45) is 5.92 Å². The van der Waals surface area contributed by atoms with Crippen molar-refractivity contribution in [3.63, 3.8) is 0 Å². The molecule has 0 radical (unpaired) electrons. The maximum atomic E-state index is 5.61. The van der Waals surface area contributed by atoms with Crippen LogP contribution in [0.25, 0.3) is 0 Å². The molecule has 66 valence electrons. The molecule has 1 nitrogen and oxygen atoms in total. The van der Waals surface area contributed by atoms with Gasteiger partial charge in [-0.1, -0.05) is 37.3 Å². The van der Waals surface area contributed by atoms with E-state index in [-0.39, 0.29) is 5.56 Å². The van der Waals surface area contributed by atoms with Gasteiger partial charge in [0.2, 0.25) is 0 Å². The Morgan fingerprint density at radius 2 is 2.18 bits per heavy atom. The molecule has 1 unspecified atom stereocenters.